The normalized spacial score (nSPS) is 11.3. The van der Waals surface area contributed by atoms with Crippen LogP contribution < -0.4 is 16.0 Å². The molecule has 10 heteroatoms. The van der Waals surface area contributed by atoms with Gasteiger partial charge in [0.05, 0.1) is 24.2 Å². The van der Waals surface area contributed by atoms with Crippen molar-refractivity contribution in [2.24, 2.45) is 0 Å². The van der Waals surface area contributed by atoms with Crippen LogP contribution in [0, 0.1) is 0 Å². The zero-order valence-corrected chi connectivity index (χ0v) is 16.0. The molecule has 4 N–H and O–H groups in total. The summed E-state index contributed by atoms with van der Waals surface area (Å²) in [6.07, 6.45) is 0. The van der Waals surface area contributed by atoms with E-state index in [0.717, 1.165) is 5.56 Å². The van der Waals surface area contributed by atoms with E-state index in [1.165, 1.54) is 0 Å². The van der Waals surface area contributed by atoms with Gasteiger partial charge in [0.1, 0.15) is 12.6 Å². The number of carbonyl (C=O) groups excluding carboxylic acids is 3. The highest BCUT2D eigenvalue weighted by Gasteiger charge is 2.21. The summed E-state index contributed by atoms with van der Waals surface area (Å²) in [5, 5.41) is 15.6. The van der Waals surface area contributed by atoms with Gasteiger partial charge in [-0.1, -0.05) is 52.9 Å². The van der Waals surface area contributed by atoms with Crippen molar-refractivity contribution >= 4 is 46.3 Å². The lowest BCUT2D eigenvalue weighted by Gasteiger charge is -2.18. The molecule has 0 bridgehead atoms. The minimum atomic E-state index is -1.21. The summed E-state index contributed by atoms with van der Waals surface area (Å²) in [4.78, 5) is 45.7. The fourth-order valence-corrected chi connectivity index (χ4v) is 2.08. The minimum Gasteiger partial charge on any atom is -0.480 e. The molecule has 1 atom stereocenters. The molecule has 0 fully saturated rings. The molecule has 0 aliphatic rings. The average molecular weight is 484 g/mol. The maximum Gasteiger partial charge on any atom is 0.322 e. The number of nitrogens with one attached hydrogen (secondary N) is 3. The fourth-order valence-electron chi connectivity index (χ4n) is 1.81. The van der Waals surface area contributed by atoms with Crippen LogP contribution >= 0.6 is 22.6 Å². The molecule has 0 aliphatic carbocycles. The van der Waals surface area contributed by atoms with Crippen LogP contribution in [0.5, 0.6) is 0 Å². The van der Waals surface area contributed by atoms with E-state index in [2.05, 4.69) is 16.0 Å². The number of carboxylic acid groups (broad SMARTS) is 1. The Balaban J connectivity index is 2.56. The molecule has 26 heavy (non-hydrogen) atoms. The lowest BCUT2D eigenvalue weighted by molar-refractivity contribution is -0.138. The standard InChI is InChI=1S/C16H20IN3O6/c17-6-13(21)18-7-14(22)20-12(16(25)19-8-15(23)24)10-26-9-11-4-2-1-3-5-11/h1-5,12H,6-10H2,(H,18,21)(H,19,25)(H,20,22)(H,23,24)/i7+1,8+1,9+1,14+1,15+1,18+1,19+1. The van der Waals surface area contributed by atoms with Gasteiger partial charge in [-0.3, -0.25) is 19.2 Å². The van der Waals surface area contributed by atoms with Crippen molar-refractivity contribution < 1.29 is 29.0 Å². The Kier molecular flexibility index (Phi) is 10.2. The Bertz CT molecular complexity index is 626. The van der Waals surface area contributed by atoms with Gasteiger partial charge >= 0.3 is 5.97 Å². The molecule has 3 amide bonds. The molecule has 1 aromatic rings. The molecule has 0 saturated carbocycles. The zero-order chi connectivity index (χ0) is 19.4. The molecular formula is C16H20IN3O6. The largest absolute Gasteiger partial charge is 0.480 e. The van der Waals surface area contributed by atoms with E-state index >= 15 is 0 Å². The molecule has 142 valence electrons. The summed E-state index contributed by atoms with van der Waals surface area (Å²) < 4.78 is 5.65. The first kappa shape index (κ1) is 21.8. The summed E-state index contributed by atoms with van der Waals surface area (Å²) in [5.41, 5.74) is 0.887. The van der Waals surface area contributed by atoms with E-state index in [1.54, 1.807) is 0 Å². The molecule has 1 aromatic carbocycles. The van der Waals surface area contributed by atoms with Crippen molar-refractivity contribution in [3.8, 4) is 0 Å². The van der Waals surface area contributed by atoms with Gasteiger partial charge in [0, 0.05) is 0 Å². The van der Waals surface area contributed by atoms with Crippen LogP contribution in [-0.4, -0.2) is 59.0 Å². The number of alkyl halides is 1. The first-order valence-corrected chi connectivity index (χ1v) is 9.18. The van der Waals surface area contributed by atoms with Crippen LogP contribution in [0.3, 0.4) is 0 Å². The number of ether oxygens (including phenoxy) is 1. The number of hydrogen-bond donors (Lipinski definition) is 4. The third-order valence-corrected chi connectivity index (χ3v) is 3.72. The summed E-state index contributed by atoms with van der Waals surface area (Å²) in [7, 11) is 0. The molecule has 9 nitrogen and oxygen atoms in total. The summed E-state index contributed by atoms with van der Waals surface area (Å²) in [5.74, 6) is -2.79. The van der Waals surface area contributed by atoms with Crippen molar-refractivity contribution in [1.82, 2.24) is 16.0 Å². The summed E-state index contributed by atoms with van der Waals surface area (Å²) >= 11 is 1.85. The third kappa shape index (κ3) is 9.32. The number of halogens is 1. The van der Waals surface area contributed by atoms with Gasteiger partial charge in [-0.15, -0.1) is 0 Å². The van der Waals surface area contributed by atoms with Crippen molar-refractivity contribution in [2.75, 3.05) is 24.1 Å². The van der Waals surface area contributed by atoms with E-state index in [4.69, 9.17) is 9.84 Å². The predicted molar refractivity (Wildman–Crippen MR) is 101 cm³/mol. The molecule has 0 aromatic heterocycles. The lowest BCUT2D eigenvalue weighted by Crippen LogP contribution is -2.52. The SMILES string of the molecule is O=C(CI)[15NH][13CH2][13C](=O)NC(CO[13CH2]c1ccccc1)C(=O)[15NH][13CH2][13C](=O)O. The number of carboxylic acids is 1. The maximum absolute atomic E-state index is 12.1. The van der Waals surface area contributed by atoms with E-state index < -0.39 is 30.4 Å². The van der Waals surface area contributed by atoms with Crippen molar-refractivity contribution in [3.63, 3.8) is 0 Å². The number of rotatable bonds is 11. The van der Waals surface area contributed by atoms with Gasteiger partial charge in [-0.25, -0.2) is 0 Å². The second-order valence-electron chi connectivity index (χ2n) is 5.14. The number of aliphatic carboxylic acids is 1. The van der Waals surface area contributed by atoms with Gasteiger partial charge < -0.3 is 25.8 Å². The van der Waals surface area contributed by atoms with Crippen molar-refractivity contribution in [2.45, 2.75) is 12.6 Å². The van der Waals surface area contributed by atoms with E-state index in [-0.39, 0.29) is 30.1 Å². The van der Waals surface area contributed by atoms with Crippen molar-refractivity contribution in [3.05, 3.63) is 35.9 Å². The van der Waals surface area contributed by atoms with Crippen molar-refractivity contribution in [1.29, 1.82) is 0 Å². The molecule has 1 unspecified atom stereocenters. The smallest absolute Gasteiger partial charge is 0.322 e. The van der Waals surface area contributed by atoms with Crippen LogP contribution in [0.15, 0.2) is 30.3 Å². The van der Waals surface area contributed by atoms with Crippen LogP contribution in [0.2, 0.25) is 0 Å². The molecule has 1 rings (SSSR count). The molecule has 0 spiro atoms. The summed E-state index contributed by atoms with van der Waals surface area (Å²) in [6, 6.07) is 8.15. The average Bonchev–Trinajstić information content (AvgIpc) is 2.64. The number of amides is 3. The Morgan fingerprint density at radius 2 is 1.73 bits per heavy atom. The number of benzene rings is 1. The third-order valence-electron chi connectivity index (χ3n) is 3.03. The summed E-state index contributed by atoms with van der Waals surface area (Å²) in [6.45, 7) is -0.782. The first-order chi connectivity index (χ1) is 12.4. The van der Waals surface area contributed by atoms with Crippen LogP contribution in [0.25, 0.3) is 0 Å². The Labute approximate surface area is 164 Å². The van der Waals surface area contributed by atoms with Crippen LogP contribution in [0.4, 0.5) is 0 Å². The van der Waals surface area contributed by atoms with Gasteiger partial charge in [0.2, 0.25) is 17.7 Å². The van der Waals surface area contributed by atoms with Crippen LogP contribution in [-0.2, 0) is 30.5 Å². The van der Waals surface area contributed by atoms with Gasteiger partial charge in [-0.05, 0) is 5.56 Å². The van der Waals surface area contributed by atoms with Gasteiger partial charge in [-0.2, -0.15) is 0 Å². The van der Waals surface area contributed by atoms with Crippen LogP contribution in [0.1, 0.15) is 5.56 Å². The predicted octanol–water partition coefficient (Wildman–Crippen LogP) is -0.560. The highest BCUT2D eigenvalue weighted by molar-refractivity contribution is 14.1. The van der Waals surface area contributed by atoms with Gasteiger partial charge in [0.25, 0.3) is 0 Å². The highest BCUT2D eigenvalue weighted by atomic mass is 127. The first-order valence-electron chi connectivity index (χ1n) is 7.65. The van der Waals surface area contributed by atoms with E-state index in [0.29, 0.717) is 0 Å². The monoisotopic (exact) mass is 484 g/mol. The van der Waals surface area contributed by atoms with E-state index in [1.807, 2.05) is 52.9 Å². The topological polar surface area (TPSA) is 134 Å². The van der Waals surface area contributed by atoms with E-state index in [9.17, 15) is 19.2 Å². The van der Waals surface area contributed by atoms with Gasteiger partial charge in [0.15, 0.2) is 0 Å². The molecular weight excluding hydrogens is 464 g/mol. The minimum absolute atomic E-state index is 0.147. The highest BCUT2D eigenvalue weighted by Crippen LogP contribution is 2.01. The molecule has 0 heterocycles. The molecule has 0 radical (unpaired) electrons. The molecule has 0 saturated heterocycles. The second kappa shape index (κ2) is 12.2. The molecule has 0 aliphatic heterocycles. The lowest BCUT2D eigenvalue weighted by atomic mass is 10.3. The Morgan fingerprint density at radius 3 is 2.35 bits per heavy atom. The number of hydrogen-bond acceptors (Lipinski definition) is 5. The fraction of sp³-hybridized carbons (Fsp3) is 0.375. The zero-order valence-electron chi connectivity index (χ0n) is 13.9. The number of carbonyl (C=O) groups is 4. The Morgan fingerprint density at radius 1 is 1.04 bits per heavy atom. The Hall–Kier alpha value is -2.21. The second-order valence-corrected chi connectivity index (χ2v) is 5.91. The quantitative estimate of drug-likeness (QED) is 0.144. The maximum atomic E-state index is 12.1.